The Morgan fingerprint density at radius 1 is 1.83 bits per heavy atom. The lowest BCUT2D eigenvalue weighted by Gasteiger charge is -2.03. The molecule has 1 heterocycles. The Balaban J connectivity index is 2.38. The maximum atomic E-state index is 10.8. The minimum Gasteiger partial charge on any atom is -0.442 e. The van der Waals surface area contributed by atoms with E-state index < -0.39 is 0 Å². The first-order valence-electron chi connectivity index (χ1n) is 3.56. The number of guanidine groups is 1. The lowest BCUT2D eigenvalue weighted by Crippen LogP contribution is -2.26. The normalized spacial score (nSPS) is 22.2. The molecule has 1 amide bonds. The molecule has 0 aromatic carbocycles. The molecular formula is C6H12N4O2. The van der Waals surface area contributed by atoms with Crippen LogP contribution >= 0.6 is 0 Å². The molecule has 1 fully saturated rings. The predicted octanol–water partition coefficient (Wildman–Crippen LogP) is -1.29. The third kappa shape index (κ3) is 2.01. The van der Waals surface area contributed by atoms with E-state index in [0.717, 1.165) is 0 Å². The van der Waals surface area contributed by atoms with Gasteiger partial charge in [-0.15, -0.1) is 0 Å². The molecule has 0 unspecified atom stereocenters. The van der Waals surface area contributed by atoms with E-state index in [4.69, 9.17) is 16.2 Å². The topological polar surface area (TPSA) is 93.9 Å². The summed E-state index contributed by atoms with van der Waals surface area (Å²) in [5.41, 5.74) is 10.2. The first-order chi connectivity index (χ1) is 5.59. The summed E-state index contributed by atoms with van der Waals surface area (Å²) in [6.45, 7) is 0.869. The van der Waals surface area contributed by atoms with Gasteiger partial charge in [0.15, 0.2) is 5.96 Å². The minimum absolute atomic E-state index is 0.0144. The molecule has 1 saturated heterocycles. The summed E-state index contributed by atoms with van der Waals surface area (Å²) in [5.74, 6) is 0.0144. The molecule has 0 aromatic rings. The zero-order valence-electron chi connectivity index (χ0n) is 6.86. The Morgan fingerprint density at radius 3 is 2.92 bits per heavy atom. The number of hydrogen-bond acceptors (Lipinski definition) is 3. The van der Waals surface area contributed by atoms with Gasteiger partial charge in [-0.25, -0.2) is 9.79 Å². The Bertz CT molecular complexity index is 212. The second-order valence-corrected chi connectivity index (χ2v) is 2.65. The summed E-state index contributed by atoms with van der Waals surface area (Å²) in [4.78, 5) is 16.0. The van der Waals surface area contributed by atoms with Crippen LogP contribution in [-0.2, 0) is 4.74 Å². The minimum atomic E-state index is -0.328. The number of hydrogen-bond donors (Lipinski definition) is 2. The number of rotatable bonds is 2. The Labute approximate surface area is 70.2 Å². The zero-order chi connectivity index (χ0) is 9.14. The van der Waals surface area contributed by atoms with E-state index in [0.29, 0.717) is 13.1 Å². The van der Waals surface area contributed by atoms with Gasteiger partial charge >= 0.3 is 6.09 Å². The van der Waals surface area contributed by atoms with Gasteiger partial charge in [0.1, 0.15) is 6.10 Å². The summed E-state index contributed by atoms with van der Waals surface area (Å²) >= 11 is 0. The van der Waals surface area contributed by atoms with Crippen molar-refractivity contribution in [1.29, 1.82) is 0 Å². The van der Waals surface area contributed by atoms with Crippen molar-refractivity contribution < 1.29 is 9.53 Å². The quantitative estimate of drug-likeness (QED) is 0.400. The van der Waals surface area contributed by atoms with Gasteiger partial charge in [0, 0.05) is 7.05 Å². The van der Waals surface area contributed by atoms with Gasteiger partial charge in [-0.2, -0.15) is 0 Å². The maximum Gasteiger partial charge on any atom is 0.410 e. The number of nitrogens with zero attached hydrogens (tertiary/aromatic N) is 2. The van der Waals surface area contributed by atoms with E-state index >= 15 is 0 Å². The molecule has 1 aliphatic rings. The van der Waals surface area contributed by atoms with Gasteiger partial charge in [0.25, 0.3) is 0 Å². The number of ether oxygens (including phenoxy) is 1. The van der Waals surface area contributed by atoms with E-state index in [9.17, 15) is 4.79 Å². The number of nitrogens with two attached hydrogens (primary N) is 2. The van der Waals surface area contributed by atoms with Crippen LogP contribution in [0.1, 0.15) is 0 Å². The van der Waals surface area contributed by atoms with Crippen LogP contribution in [-0.4, -0.2) is 43.2 Å². The number of carbonyl (C=O) groups excluding carboxylic acids is 1. The van der Waals surface area contributed by atoms with Gasteiger partial charge in [-0.05, 0) is 0 Å². The number of carbonyl (C=O) groups is 1. The highest BCUT2D eigenvalue weighted by molar-refractivity contribution is 5.75. The molecule has 1 atom stereocenters. The lowest BCUT2D eigenvalue weighted by atomic mass is 10.3. The molecular weight excluding hydrogens is 160 g/mol. The highest BCUT2D eigenvalue weighted by Crippen LogP contribution is 2.08. The van der Waals surface area contributed by atoms with Gasteiger partial charge in [0.05, 0.1) is 13.1 Å². The van der Waals surface area contributed by atoms with E-state index in [1.54, 1.807) is 7.05 Å². The lowest BCUT2D eigenvalue weighted by molar-refractivity contribution is 0.137. The number of likely N-dealkylation sites (N-methyl/N-ethyl adjacent to an activating group) is 1. The molecule has 1 aliphatic heterocycles. The van der Waals surface area contributed by atoms with Crippen LogP contribution < -0.4 is 11.5 Å². The first kappa shape index (κ1) is 8.63. The zero-order valence-corrected chi connectivity index (χ0v) is 6.86. The molecule has 4 N–H and O–H groups in total. The highest BCUT2D eigenvalue weighted by atomic mass is 16.6. The van der Waals surface area contributed by atoms with Crippen molar-refractivity contribution in [2.45, 2.75) is 6.10 Å². The van der Waals surface area contributed by atoms with Crippen LogP contribution in [0.25, 0.3) is 0 Å². The smallest absolute Gasteiger partial charge is 0.410 e. The molecule has 0 radical (unpaired) electrons. The van der Waals surface area contributed by atoms with Crippen LogP contribution in [0.5, 0.6) is 0 Å². The standard InChI is InChI=1S/C6H12N4O2/c1-10-3-4(12-6(10)11)2-9-5(7)8/h4H,2-3H2,1H3,(H4,7,8,9)/t4-/m1/s1. The SMILES string of the molecule is CN1C[C@@H](CN=C(N)N)OC1=O. The van der Waals surface area contributed by atoms with Crippen LogP contribution in [0.2, 0.25) is 0 Å². The fourth-order valence-corrected chi connectivity index (χ4v) is 0.952. The molecule has 0 bridgehead atoms. The molecule has 1 rings (SSSR count). The molecule has 0 aromatic heterocycles. The van der Waals surface area contributed by atoms with Crippen molar-refractivity contribution in [2.75, 3.05) is 20.1 Å². The van der Waals surface area contributed by atoms with Crippen molar-refractivity contribution in [2.24, 2.45) is 16.5 Å². The van der Waals surface area contributed by atoms with Crippen molar-refractivity contribution in [3.63, 3.8) is 0 Å². The predicted molar refractivity (Wildman–Crippen MR) is 43.6 cm³/mol. The van der Waals surface area contributed by atoms with Crippen LogP contribution in [0, 0.1) is 0 Å². The van der Waals surface area contributed by atoms with Crippen LogP contribution in [0.15, 0.2) is 4.99 Å². The van der Waals surface area contributed by atoms with E-state index in [1.807, 2.05) is 0 Å². The van der Waals surface area contributed by atoms with E-state index in [1.165, 1.54) is 4.90 Å². The molecule has 6 nitrogen and oxygen atoms in total. The largest absolute Gasteiger partial charge is 0.442 e. The second kappa shape index (κ2) is 3.29. The van der Waals surface area contributed by atoms with Gasteiger partial charge in [0.2, 0.25) is 0 Å². The van der Waals surface area contributed by atoms with Gasteiger partial charge < -0.3 is 21.1 Å². The summed E-state index contributed by atoms with van der Waals surface area (Å²) in [6.07, 6.45) is -0.546. The number of amides is 1. The second-order valence-electron chi connectivity index (χ2n) is 2.65. The van der Waals surface area contributed by atoms with Crippen molar-refractivity contribution in [1.82, 2.24) is 4.90 Å². The molecule has 68 valence electrons. The van der Waals surface area contributed by atoms with Crippen molar-refractivity contribution >= 4 is 12.1 Å². The third-order valence-electron chi connectivity index (χ3n) is 1.53. The van der Waals surface area contributed by atoms with Crippen LogP contribution in [0.4, 0.5) is 4.79 Å². The summed E-state index contributed by atoms with van der Waals surface area (Å²) < 4.78 is 4.89. The average molecular weight is 172 g/mol. The Morgan fingerprint density at radius 2 is 2.50 bits per heavy atom. The van der Waals surface area contributed by atoms with Gasteiger partial charge in [-0.3, -0.25) is 0 Å². The third-order valence-corrected chi connectivity index (χ3v) is 1.53. The molecule has 6 heteroatoms. The maximum absolute atomic E-state index is 10.8. The molecule has 0 saturated carbocycles. The first-order valence-corrected chi connectivity index (χ1v) is 3.56. The summed E-state index contributed by atoms with van der Waals surface area (Å²) in [6, 6.07) is 0. The van der Waals surface area contributed by atoms with Crippen molar-refractivity contribution in [3.8, 4) is 0 Å². The molecule has 0 aliphatic carbocycles. The van der Waals surface area contributed by atoms with Crippen LogP contribution in [0.3, 0.4) is 0 Å². The number of aliphatic imine (C=N–C) groups is 1. The van der Waals surface area contributed by atoms with E-state index in [-0.39, 0.29) is 18.2 Å². The number of cyclic esters (lactones) is 1. The van der Waals surface area contributed by atoms with Crippen molar-refractivity contribution in [3.05, 3.63) is 0 Å². The highest BCUT2D eigenvalue weighted by Gasteiger charge is 2.27. The summed E-state index contributed by atoms with van der Waals surface area (Å²) in [5, 5.41) is 0. The Hall–Kier alpha value is -1.46. The molecule has 12 heavy (non-hydrogen) atoms. The van der Waals surface area contributed by atoms with Gasteiger partial charge in [-0.1, -0.05) is 0 Å². The van der Waals surface area contributed by atoms with E-state index in [2.05, 4.69) is 4.99 Å². The average Bonchev–Trinajstić information content (AvgIpc) is 2.28. The Kier molecular flexibility index (Phi) is 2.37. The fourth-order valence-electron chi connectivity index (χ4n) is 0.952. The fraction of sp³-hybridized carbons (Fsp3) is 0.667. The molecule has 0 spiro atoms. The summed E-state index contributed by atoms with van der Waals surface area (Å²) in [7, 11) is 1.66. The monoisotopic (exact) mass is 172 g/mol.